The summed E-state index contributed by atoms with van der Waals surface area (Å²) in [5.74, 6) is -0.910. The summed E-state index contributed by atoms with van der Waals surface area (Å²) in [5, 5.41) is 9.12. The number of ether oxygens (including phenoxy) is 1. The SMILES string of the molecule is CC1(C)CC(n2cnc3ccc(C(=O)O)cc32)CCO1. The van der Waals surface area contributed by atoms with E-state index in [-0.39, 0.29) is 5.60 Å². The van der Waals surface area contributed by atoms with Gasteiger partial charge >= 0.3 is 5.97 Å². The van der Waals surface area contributed by atoms with Crippen LogP contribution in [0.3, 0.4) is 0 Å². The van der Waals surface area contributed by atoms with Gasteiger partial charge in [-0.05, 0) is 44.9 Å². The van der Waals surface area contributed by atoms with Crippen molar-refractivity contribution in [2.24, 2.45) is 0 Å². The number of benzene rings is 1. The van der Waals surface area contributed by atoms with E-state index in [2.05, 4.69) is 23.4 Å². The van der Waals surface area contributed by atoms with Gasteiger partial charge in [0.2, 0.25) is 0 Å². The number of carboxylic acid groups (broad SMARTS) is 1. The molecule has 20 heavy (non-hydrogen) atoms. The number of nitrogens with zero attached hydrogens (tertiary/aromatic N) is 2. The molecule has 3 rings (SSSR count). The quantitative estimate of drug-likeness (QED) is 0.914. The molecule has 2 aromatic rings. The number of rotatable bonds is 2. The first-order valence-electron chi connectivity index (χ1n) is 6.80. The Bertz CT molecular complexity index is 660. The lowest BCUT2D eigenvalue weighted by atomic mass is 9.93. The fraction of sp³-hybridized carbons (Fsp3) is 0.467. The molecule has 0 spiro atoms. The van der Waals surface area contributed by atoms with Crippen molar-refractivity contribution in [1.29, 1.82) is 0 Å². The maximum atomic E-state index is 11.1. The average Bonchev–Trinajstić information content (AvgIpc) is 2.80. The molecular formula is C15H18N2O3. The van der Waals surface area contributed by atoms with Crippen molar-refractivity contribution < 1.29 is 14.6 Å². The van der Waals surface area contributed by atoms with Gasteiger partial charge in [-0.3, -0.25) is 0 Å². The van der Waals surface area contributed by atoms with Crippen molar-refractivity contribution in [3.05, 3.63) is 30.1 Å². The Labute approximate surface area is 117 Å². The molecule has 0 amide bonds. The van der Waals surface area contributed by atoms with Gasteiger partial charge in [-0.15, -0.1) is 0 Å². The number of imidazole rings is 1. The standard InChI is InChI=1S/C15H18N2O3/c1-15(2)8-11(5-6-20-15)17-9-16-12-4-3-10(14(18)19)7-13(12)17/h3-4,7,9,11H,5-6,8H2,1-2H3,(H,18,19). The molecule has 0 radical (unpaired) electrons. The Morgan fingerprint density at radius 3 is 3.00 bits per heavy atom. The maximum Gasteiger partial charge on any atom is 0.335 e. The normalized spacial score (nSPS) is 22.0. The van der Waals surface area contributed by atoms with E-state index in [1.807, 2.05) is 6.33 Å². The van der Waals surface area contributed by atoms with Gasteiger partial charge in [0.15, 0.2) is 0 Å². The summed E-state index contributed by atoms with van der Waals surface area (Å²) in [6.07, 6.45) is 3.63. The highest BCUT2D eigenvalue weighted by atomic mass is 16.5. The van der Waals surface area contributed by atoms with Crippen molar-refractivity contribution in [2.45, 2.75) is 38.3 Å². The summed E-state index contributed by atoms with van der Waals surface area (Å²) in [5.41, 5.74) is 1.86. The molecule has 1 aliphatic heterocycles. The first-order valence-corrected chi connectivity index (χ1v) is 6.80. The summed E-state index contributed by atoms with van der Waals surface area (Å²) in [6.45, 7) is 4.89. The molecule has 1 fully saturated rings. The molecule has 2 heterocycles. The van der Waals surface area contributed by atoms with Crippen LogP contribution in [0, 0.1) is 0 Å². The highest BCUT2D eigenvalue weighted by molar-refractivity contribution is 5.92. The minimum Gasteiger partial charge on any atom is -0.478 e. The zero-order valence-corrected chi connectivity index (χ0v) is 11.7. The first-order chi connectivity index (χ1) is 9.46. The Balaban J connectivity index is 2.03. The molecule has 1 unspecified atom stereocenters. The smallest absolute Gasteiger partial charge is 0.335 e. The Kier molecular flexibility index (Phi) is 3.01. The average molecular weight is 274 g/mol. The Morgan fingerprint density at radius 1 is 1.50 bits per heavy atom. The van der Waals surface area contributed by atoms with Gasteiger partial charge in [0, 0.05) is 12.6 Å². The van der Waals surface area contributed by atoms with Crippen molar-refractivity contribution >= 4 is 17.0 Å². The predicted octanol–water partition coefficient (Wildman–Crippen LogP) is 2.86. The second-order valence-corrected chi connectivity index (χ2v) is 5.92. The zero-order valence-electron chi connectivity index (χ0n) is 11.7. The summed E-state index contributed by atoms with van der Waals surface area (Å²) >= 11 is 0. The van der Waals surface area contributed by atoms with Crippen LogP contribution in [0.5, 0.6) is 0 Å². The van der Waals surface area contributed by atoms with Crippen LogP contribution in [-0.2, 0) is 4.74 Å². The summed E-state index contributed by atoms with van der Waals surface area (Å²) < 4.78 is 7.83. The molecule has 1 aromatic heterocycles. The zero-order chi connectivity index (χ0) is 14.3. The van der Waals surface area contributed by atoms with E-state index in [1.54, 1.807) is 18.2 Å². The lowest BCUT2D eigenvalue weighted by Gasteiger charge is -2.36. The maximum absolute atomic E-state index is 11.1. The van der Waals surface area contributed by atoms with Crippen LogP contribution < -0.4 is 0 Å². The van der Waals surface area contributed by atoms with Gasteiger partial charge in [0.25, 0.3) is 0 Å². The van der Waals surface area contributed by atoms with Crippen LogP contribution in [-0.4, -0.2) is 32.8 Å². The van der Waals surface area contributed by atoms with Crippen molar-refractivity contribution in [1.82, 2.24) is 9.55 Å². The van der Waals surface area contributed by atoms with Crippen molar-refractivity contribution in [3.8, 4) is 0 Å². The van der Waals surface area contributed by atoms with Gasteiger partial charge < -0.3 is 14.4 Å². The predicted molar refractivity (Wildman–Crippen MR) is 75.0 cm³/mol. The molecular weight excluding hydrogens is 256 g/mol. The van der Waals surface area contributed by atoms with E-state index in [9.17, 15) is 4.79 Å². The van der Waals surface area contributed by atoms with Crippen molar-refractivity contribution in [3.63, 3.8) is 0 Å². The van der Waals surface area contributed by atoms with Crippen LogP contribution >= 0.6 is 0 Å². The summed E-state index contributed by atoms with van der Waals surface area (Å²) in [7, 11) is 0. The molecule has 1 N–H and O–H groups in total. The fourth-order valence-electron chi connectivity index (χ4n) is 2.89. The van der Waals surface area contributed by atoms with Gasteiger partial charge in [0.1, 0.15) is 0 Å². The molecule has 0 bridgehead atoms. The Hall–Kier alpha value is -1.88. The number of aromatic carboxylic acids is 1. The van der Waals surface area contributed by atoms with E-state index >= 15 is 0 Å². The third kappa shape index (κ3) is 2.29. The summed E-state index contributed by atoms with van der Waals surface area (Å²) in [6, 6.07) is 5.36. The molecule has 0 saturated carbocycles. The highest BCUT2D eigenvalue weighted by Gasteiger charge is 2.30. The number of hydrogen-bond donors (Lipinski definition) is 1. The van der Waals surface area contributed by atoms with Gasteiger partial charge in [-0.25, -0.2) is 9.78 Å². The molecule has 0 aliphatic carbocycles. The molecule has 1 aromatic carbocycles. The number of fused-ring (bicyclic) bond motifs is 1. The van der Waals surface area contributed by atoms with Crippen LogP contribution in [0.2, 0.25) is 0 Å². The van der Waals surface area contributed by atoms with Crippen LogP contribution in [0.4, 0.5) is 0 Å². The molecule has 1 aliphatic rings. The number of aromatic nitrogens is 2. The molecule has 5 nitrogen and oxygen atoms in total. The molecule has 1 saturated heterocycles. The number of hydrogen-bond acceptors (Lipinski definition) is 3. The van der Waals surface area contributed by atoms with E-state index in [0.29, 0.717) is 11.6 Å². The highest BCUT2D eigenvalue weighted by Crippen LogP contribution is 2.33. The van der Waals surface area contributed by atoms with E-state index in [0.717, 1.165) is 30.5 Å². The lowest BCUT2D eigenvalue weighted by Crippen LogP contribution is -2.34. The minimum absolute atomic E-state index is 0.149. The minimum atomic E-state index is -0.910. The van der Waals surface area contributed by atoms with Crippen LogP contribution in [0.25, 0.3) is 11.0 Å². The first kappa shape index (κ1) is 13.1. The van der Waals surface area contributed by atoms with E-state index in [4.69, 9.17) is 9.84 Å². The van der Waals surface area contributed by atoms with Gasteiger partial charge in [-0.1, -0.05) is 0 Å². The second kappa shape index (κ2) is 4.59. The molecule has 1 atom stereocenters. The van der Waals surface area contributed by atoms with Crippen LogP contribution in [0.1, 0.15) is 43.1 Å². The van der Waals surface area contributed by atoms with Gasteiger partial charge in [-0.2, -0.15) is 0 Å². The van der Waals surface area contributed by atoms with E-state index in [1.165, 1.54) is 0 Å². The third-order valence-electron chi connectivity index (χ3n) is 3.89. The number of carbonyl (C=O) groups is 1. The third-order valence-corrected chi connectivity index (χ3v) is 3.89. The fourth-order valence-corrected chi connectivity index (χ4v) is 2.89. The van der Waals surface area contributed by atoms with Crippen LogP contribution in [0.15, 0.2) is 24.5 Å². The molecule has 106 valence electrons. The topological polar surface area (TPSA) is 64.4 Å². The molecule has 5 heteroatoms. The van der Waals surface area contributed by atoms with Crippen molar-refractivity contribution in [2.75, 3.05) is 6.61 Å². The largest absolute Gasteiger partial charge is 0.478 e. The number of carboxylic acids is 1. The Morgan fingerprint density at radius 2 is 2.30 bits per heavy atom. The second-order valence-electron chi connectivity index (χ2n) is 5.92. The van der Waals surface area contributed by atoms with Gasteiger partial charge in [0.05, 0.1) is 28.5 Å². The monoisotopic (exact) mass is 274 g/mol. The van der Waals surface area contributed by atoms with E-state index < -0.39 is 5.97 Å². The lowest BCUT2D eigenvalue weighted by molar-refractivity contribution is -0.0685. The summed E-state index contributed by atoms with van der Waals surface area (Å²) in [4.78, 5) is 15.5.